The van der Waals surface area contributed by atoms with E-state index >= 15 is 0 Å². The van der Waals surface area contributed by atoms with Gasteiger partial charge in [0, 0.05) is 10.4 Å². The number of hydrogen-bond acceptors (Lipinski definition) is 2. The van der Waals surface area contributed by atoms with Gasteiger partial charge in [-0.25, -0.2) is 4.98 Å². The molecule has 1 heterocycles. The van der Waals surface area contributed by atoms with Crippen molar-refractivity contribution in [1.29, 1.82) is 0 Å². The van der Waals surface area contributed by atoms with Crippen LogP contribution in [0.5, 0.6) is 0 Å². The van der Waals surface area contributed by atoms with Crippen molar-refractivity contribution in [2.24, 2.45) is 0 Å². The minimum absolute atomic E-state index is 0.173. The minimum Gasteiger partial charge on any atom is -0.341 e. The highest BCUT2D eigenvalue weighted by molar-refractivity contribution is 9.10. The molecule has 0 radical (unpaired) electrons. The molecular formula is C13H15BrClN3. The second-order valence-electron chi connectivity index (χ2n) is 4.01. The Bertz CT molecular complexity index is 495. The third kappa shape index (κ3) is 3.13. The first-order valence-corrected chi connectivity index (χ1v) is 7.11. The average Bonchev–Trinajstić information content (AvgIpc) is 2.86. The Morgan fingerprint density at radius 3 is 2.72 bits per heavy atom. The van der Waals surface area contributed by atoms with E-state index in [1.165, 1.54) is 0 Å². The molecule has 1 atom stereocenters. The third-order valence-electron chi connectivity index (χ3n) is 2.83. The zero-order valence-corrected chi connectivity index (χ0v) is 12.4. The van der Waals surface area contributed by atoms with Gasteiger partial charge in [-0.1, -0.05) is 28.1 Å². The molecule has 0 aliphatic carbocycles. The summed E-state index contributed by atoms with van der Waals surface area (Å²) in [5.41, 5.74) is 2.14. The summed E-state index contributed by atoms with van der Waals surface area (Å²) >= 11 is 9.21. The van der Waals surface area contributed by atoms with Gasteiger partial charge in [-0.05, 0) is 31.2 Å². The Morgan fingerprint density at radius 2 is 2.11 bits per heavy atom. The van der Waals surface area contributed by atoms with Gasteiger partial charge in [0.15, 0.2) is 0 Å². The quantitative estimate of drug-likeness (QED) is 0.821. The van der Waals surface area contributed by atoms with Crippen LogP contribution in [-0.2, 0) is 0 Å². The van der Waals surface area contributed by atoms with Gasteiger partial charge in [-0.3, -0.25) is 0 Å². The fourth-order valence-corrected chi connectivity index (χ4v) is 2.30. The molecule has 3 nitrogen and oxygen atoms in total. The van der Waals surface area contributed by atoms with Crippen LogP contribution >= 0.6 is 27.5 Å². The highest BCUT2D eigenvalue weighted by atomic mass is 79.9. The lowest BCUT2D eigenvalue weighted by atomic mass is 10.2. The Kier molecular flexibility index (Phi) is 4.80. The largest absolute Gasteiger partial charge is 0.341 e. The number of aromatic amines is 1. The molecule has 96 valence electrons. The second-order valence-corrected chi connectivity index (χ2v) is 5.30. The number of aromatic nitrogens is 2. The monoisotopic (exact) mass is 327 g/mol. The van der Waals surface area contributed by atoms with Gasteiger partial charge in [0.1, 0.15) is 5.82 Å². The van der Waals surface area contributed by atoms with Crippen molar-refractivity contribution in [3.8, 4) is 11.3 Å². The van der Waals surface area contributed by atoms with Crippen molar-refractivity contribution in [3.63, 3.8) is 0 Å². The van der Waals surface area contributed by atoms with Gasteiger partial charge in [0.05, 0.1) is 17.9 Å². The molecule has 0 bridgehead atoms. The Hall–Kier alpha value is -0.840. The Balaban J connectivity index is 2.21. The van der Waals surface area contributed by atoms with E-state index in [1.54, 1.807) is 0 Å². The summed E-state index contributed by atoms with van der Waals surface area (Å²) in [6, 6.07) is 8.31. The van der Waals surface area contributed by atoms with E-state index in [1.807, 2.05) is 25.4 Å². The predicted octanol–water partition coefficient (Wildman–Crippen LogP) is 3.73. The van der Waals surface area contributed by atoms with Crippen LogP contribution in [0, 0.1) is 0 Å². The number of H-pyrrole nitrogens is 1. The predicted molar refractivity (Wildman–Crippen MR) is 78.9 cm³/mol. The van der Waals surface area contributed by atoms with Crippen LogP contribution in [0.1, 0.15) is 18.3 Å². The van der Waals surface area contributed by atoms with E-state index in [2.05, 4.69) is 43.3 Å². The molecule has 18 heavy (non-hydrogen) atoms. The lowest BCUT2D eigenvalue weighted by Crippen LogP contribution is -2.18. The summed E-state index contributed by atoms with van der Waals surface area (Å²) in [6.45, 7) is 0. The van der Waals surface area contributed by atoms with E-state index in [4.69, 9.17) is 11.6 Å². The van der Waals surface area contributed by atoms with Gasteiger partial charge in [0.2, 0.25) is 0 Å². The molecule has 2 N–H and O–H groups in total. The van der Waals surface area contributed by atoms with Crippen LogP contribution in [0.25, 0.3) is 11.3 Å². The molecule has 1 aromatic carbocycles. The maximum atomic E-state index is 5.78. The van der Waals surface area contributed by atoms with Crippen molar-refractivity contribution >= 4 is 27.5 Å². The molecule has 2 aromatic rings. The molecule has 0 aliphatic rings. The van der Waals surface area contributed by atoms with Crippen molar-refractivity contribution < 1.29 is 0 Å². The molecule has 0 spiro atoms. The standard InChI is InChI=1S/C13H15BrClN3/c1-16-11(6-7-15)13-17-8-12(18-13)9-2-4-10(14)5-3-9/h2-5,8,11,16H,6-7H2,1H3,(H,17,18)/t11-/m0/s1. The zero-order chi connectivity index (χ0) is 13.0. The SMILES string of the molecule is CN[C@@H](CCCl)c1ncc(-c2ccc(Br)cc2)[nH]1. The highest BCUT2D eigenvalue weighted by Crippen LogP contribution is 2.22. The summed E-state index contributed by atoms with van der Waals surface area (Å²) in [5.74, 6) is 1.54. The molecule has 0 fully saturated rings. The first kappa shape index (κ1) is 13.6. The zero-order valence-electron chi connectivity index (χ0n) is 10.1. The number of nitrogens with zero attached hydrogens (tertiary/aromatic N) is 1. The van der Waals surface area contributed by atoms with Crippen LogP contribution < -0.4 is 5.32 Å². The van der Waals surface area contributed by atoms with Crippen molar-refractivity contribution in [2.45, 2.75) is 12.5 Å². The molecule has 5 heteroatoms. The van der Waals surface area contributed by atoms with Crippen LogP contribution in [0.3, 0.4) is 0 Å². The van der Waals surface area contributed by atoms with Gasteiger partial charge in [0.25, 0.3) is 0 Å². The van der Waals surface area contributed by atoms with Gasteiger partial charge in [-0.15, -0.1) is 11.6 Å². The van der Waals surface area contributed by atoms with Crippen molar-refractivity contribution in [2.75, 3.05) is 12.9 Å². The number of hydrogen-bond donors (Lipinski definition) is 2. The molecule has 0 aliphatic heterocycles. The van der Waals surface area contributed by atoms with Gasteiger partial charge >= 0.3 is 0 Å². The number of benzene rings is 1. The maximum Gasteiger partial charge on any atom is 0.123 e. The fraction of sp³-hybridized carbons (Fsp3) is 0.308. The van der Waals surface area contributed by atoms with E-state index in [0.29, 0.717) is 5.88 Å². The van der Waals surface area contributed by atoms with E-state index in [9.17, 15) is 0 Å². The molecular weight excluding hydrogens is 314 g/mol. The maximum absolute atomic E-state index is 5.78. The normalized spacial score (nSPS) is 12.6. The summed E-state index contributed by atoms with van der Waals surface area (Å²) in [4.78, 5) is 7.75. The van der Waals surface area contributed by atoms with Crippen LogP contribution in [0.2, 0.25) is 0 Å². The molecule has 0 amide bonds. The topological polar surface area (TPSA) is 40.7 Å². The van der Waals surface area contributed by atoms with Crippen molar-refractivity contribution in [1.82, 2.24) is 15.3 Å². The van der Waals surface area contributed by atoms with E-state index in [0.717, 1.165) is 28.0 Å². The molecule has 1 aromatic heterocycles. The first-order valence-electron chi connectivity index (χ1n) is 5.78. The van der Waals surface area contributed by atoms with Crippen LogP contribution in [-0.4, -0.2) is 22.9 Å². The molecule has 0 saturated carbocycles. The minimum atomic E-state index is 0.173. The van der Waals surface area contributed by atoms with Crippen LogP contribution in [0.4, 0.5) is 0 Å². The summed E-state index contributed by atoms with van der Waals surface area (Å²) in [5, 5.41) is 3.21. The smallest absolute Gasteiger partial charge is 0.123 e. The van der Waals surface area contributed by atoms with Gasteiger partial charge in [-0.2, -0.15) is 0 Å². The van der Waals surface area contributed by atoms with Crippen LogP contribution in [0.15, 0.2) is 34.9 Å². The summed E-state index contributed by atoms with van der Waals surface area (Å²) in [7, 11) is 1.92. The third-order valence-corrected chi connectivity index (χ3v) is 3.57. The van der Waals surface area contributed by atoms with E-state index < -0.39 is 0 Å². The lowest BCUT2D eigenvalue weighted by Gasteiger charge is -2.11. The molecule has 0 saturated heterocycles. The molecule has 0 unspecified atom stereocenters. The number of alkyl halides is 1. The fourth-order valence-electron chi connectivity index (χ4n) is 1.82. The average molecular weight is 329 g/mol. The number of imidazole rings is 1. The summed E-state index contributed by atoms with van der Waals surface area (Å²) < 4.78 is 1.07. The highest BCUT2D eigenvalue weighted by Gasteiger charge is 2.12. The lowest BCUT2D eigenvalue weighted by molar-refractivity contribution is 0.552. The molecule has 2 rings (SSSR count). The number of rotatable bonds is 5. The van der Waals surface area contributed by atoms with Gasteiger partial charge < -0.3 is 10.3 Å². The second kappa shape index (κ2) is 6.36. The Labute approximate surface area is 120 Å². The first-order chi connectivity index (χ1) is 8.74. The van der Waals surface area contributed by atoms with E-state index in [-0.39, 0.29) is 6.04 Å². The number of nitrogens with one attached hydrogen (secondary N) is 2. The Morgan fingerprint density at radius 1 is 1.39 bits per heavy atom. The number of halogens is 2. The summed E-state index contributed by atoms with van der Waals surface area (Å²) in [6.07, 6.45) is 2.71. The van der Waals surface area contributed by atoms with Crippen molar-refractivity contribution in [3.05, 3.63) is 40.8 Å².